The van der Waals surface area contributed by atoms with Crippen LogP contribution in [0, 0.1) is 24.5 Å². The van der Waals surface area contributed by atoms with Crippen LogP contribution in [0.15, 0.2) is 90.1 Å². The van der Waals surface area contributed by atoms with Crippen LogP contribution in [0.3, 0.4) is 0 Å². The zero-order valence-corrected chi connectivity index (χ0v) is 32.7. The van der Waals surface area contributed by atoms with Gasteiger partial charge >= 0.3 is 21.1 Å². The molecule has 8 rings (SSSR count). The summed E-state index contributed by atoms with van der Waals surface area (Å²) >= 11 is 0. The third-order valence-electron chi connectivity index (χ3n) is 10.4. The molecule has 0 fully saturated rings. The Bertz CT molecular complexity index is 2320. The Morgan fingerprint density at radius 2 is 1.58 bits per heavy atom. The van der Waals surface area contributed by atoms with Crippen molar-refractivity contribution in [1.82, 2.24) is 9.55 Å². The van der Waals surface area contributed by atoms with Crippen molar-refractivity contribution >= 4 is 44.8 Å². The predicted molar refractivity (Wildman–Crippen MR) is 202 cm³/mol. The number of rotatable bonds is 3. The van der Waals surface area contributed by atoms with Crippen molar-refractivity contribution in [2.75, 3.05) is 11.5 Å². The SMILES string of the molecule is Cc1cc(C2=N[C@H](C(C)(C)C)CO2)[c-]c(N2c3[c-]c4c(cc3C(C)(C)c3ccccc32)c2ccccc2n4-c2cc(C(C)(C)C)ccn2)c1.[Pt+2]. The molecule has 0 unspecified atom stereocenters. The van der Waals surface area contributed by atoms with Crippen LogP contribution in [0.4, 0.5) is 17.1 Å². The maximum atomic E-state index is 6.22. The van der Waals surface area contributed by atoms with Crippen molar-refractivity contribution in [3.8, 4) is 5.82 Å². The van der Waals surface area contributed by atoms with E-state index in [9.17, 15) is 0 Å². The Balaban J connectivity index is 0.00000392. The standard InChI is InChI=1S/C44H44N4O.Pt/c1-27-20-28(41-46-39(26-49-41)43(5,6)7)22-30(21-27)47-36-17-13-11-15-33(36)44(8,9)34-24-32-31-14-10-12-16-35(31)48(37(32)25-38(34)47)40-23-29(18-19-45-40)42(2,3)4;/h10-21,23-24,39H,26H2,1-9H3;/q-2;+2/t39-;/m0./s1. The van der Waals surface area contributed by atoms with Gasteiger partial charge in [-0.25, -0.2) is 4.98 Å². The second-order valence-electron chi connectivity index (χ2n) is 16.4. The van der Waals surface area contributed by atoms with Gasteiger partial charge in [0.15, 0.2) is 0 Å². The summed E-state index contributed by atoms with van der Waals surface area (Å²) in [6, 6.07) is 36.3. The zero-order valence-electron chi connectivity index (χ0n) is 30.4. The number of anilines is 3. The molecular formula is C44H44N4OPt. The summed E-state index contributed by atoms with van der Waals surface area (Å²) in [5, 5.41) is 2.36. The maximum Gasteiger partial charge on any atom is 2.00 e. The van der Waals surface area contributed by atoms with E-state index in [2.05, 4.69) is 163 Å². The zero-order chi connectivity index (χ0) is 34.5. The summed E-state index contributed by atoms with van der Waals surface area (Å²) in [5.41, 5.74) is 10.7. The molecule has 0 spiro atoms. The van der Waals surface area contributed by atoms with Crippen LogP contribution in [-0.2, 0) is 36.6 Å². The number of nitrogens with zero attached hydrogens (tertiary/aromatic N) is 4. The van der Waals surface area contributed by atoms with E-state index in [1.54, 1.807) is 0 Å². The van der Waals surface area contributed by atoms with E-state index in [1.165, 1.54) is 27.5 Å². The Morgan fingerprint density at radius 3 is 2.32 bits per heavy atom. The van der Waals surface area contributed by atoms with Gasteiger partial charge in [-0.15, -0.1) is 40.8 Å². The first-order valence-corrected chi connectivity index (χ1v) is 17.3. The molecule has 2 aliphatic heterocycles. The van der Waals surface area contributed by atoms with Crippen LogP contribution < -0.4 is 4.90 Å². The molecule has 1 atom stereocenters. The van der Waals surface area contributed by atoms with Gasteiger partial charge in [0.2, 0.25) is 0 Å². The number of aromatic nitrogens is 2. The van der Waals surface area contributed by atoms with E-state index < -0.39 is 0 Å². The smallest absolute Gasteiger partial charge is 0.518 e. The van der Waals surface area contributed by atoms with Crippen molar-refractivity contribution in [2.24, 2.45) is 10.4 Å². The molecule has 0 saturated heterocycles. The molecule has 6 heteroatoms. The number of hydrogen-bond donors (Lipinski definition) is 0. The number of aryl methyl sites for hydroxylation is 1. The van der Waals surface area contributed by atoms with Gasteiger partial charge in [0, 0.05) is 17.4 Å². The van der Waals surface area contributed by atoms with Gasteiger partial charge in [0.05, 0.1) is 12.6 Å². The fourth-order valence-corrected chi connectivity index (χ4v) is 7.43. The topological polar surface area (TPSA) is 42.6 Å². The first-order valence-electron chi connectivity index (χ1n) is 17.3. The fourth-order valence-electron chi connectivity index (χ4n) is 7.43. The van der Waals surface area contributed by atoms with Crippen LogP contribution in [0.2, 0.25) is 0 Å². The molecule has 0 bridgehead atoms. The average molecular weight is 840 g/mol. The third-order valence-corrected chi connectivity index (χ3v) is 10.4. The number of benzene rings is 4. The summed E-state index contributed by atoms with van der Waals surface area (Å²) in [6.07, 6.45) is 1.93. The molecule has 4 aromatic carbocycles. The molecular weight excluding hydrogens is 796 g/mol. The molecule has 0 amide bonds. The largest absolute Gasteiger partial charge is 2.00 e. The van der Waals surface area contributed by atoms with E-state index in [0.717, 1.165) is 45.0 Å². The summed E-state index contributed by atoms with van der Waals surface area (Å²) in [5.74, 6) is 1.56. The summed E-state index contributed by atoms with van der Waals surface area (Å²) in [6.45, 7) is 20.8. The van der Waals surface area contributed by atoms with Gasteiger partial charge in [0.1, 0.15) is 11.7 Å². The maximum absolute atomic E-state index is 6.22. The van der Waals surface area contributed by atoms with Gasteiger partial charge in [0.25, 0.3) is 0 Å². The molecule has 0 radical (unpaired) electrons. The fraction of sp³-hybridized carbons (Fsp3) is 0.318. The molecule has 6 aromatic rings. The number of fused-ring (bicyclic) bond motifs is 5. The first-order chi connectivity index (χ1) is 23.2. The van der Waals surface area contributed by atoms with E-state index in [4.69, 9.17) is 14.7 Å². The second kappa shape index (κ2) is 11.9. The third kappa shape index (κ3) is 5.49. The van der Waals surface area contributed by atoms with E-state index in [-0.39, 0.29) is 43.4 Å². The Kier molecular flexibility index (Phi) is 8.18. The molecule has 4 heterocycles. The van der Waals surface area contributed by atoms with Crippen molar-refractivity contribution in [1.29, 1.82) is 0 Å². The van der Waals surface area contributed by atoms with Crippen LogP contribution in [0.5, 0.6) is 0 Å². The number of para-hydroxylation sites is 2. The molecule has 0 N–H and O–H groups in total. The van der Waals surface area contributed by atoms with Gasteiger partial charge in [-0.1, -0.05) is 115 Å². The van der Waals surface area contributed by atoms with E-state index >= 15 is 0 Å². The van der Waals surface area contributed by atoms with Gasteiger partial charge in [-0.2, -0.15) is 6.07 Å². The number of aliphatic imine (C=N–C) groups is 1. The van der Waals surface area contributed by atoms with Crippen LogP contribution in [-0.4, -0.2) is 28.1 Å². The summed E-state index contributed by atoms with van der Waals surface area (Å²) in [7, 11) is 0. The minimum Gasteiger partial charge on any atom is -0.518 e. The summed E-state index contributed by atoms with van der Waals surface area (Å²) in [4.78, 5) is 12.3. The molecule has 50 heavy (non-hydrogen) atoms. The normalized spacial score (nSPS) is 16.9. The van der Waals surface area contributed by atoms with Crippen molar-refractivity contribution in [3.05, 3.63) is 125 Å². The first kappa shape index (κ1) is 34.2. The predicted octanol–water partition coefficient (Wildman–Crippen LogP) is 10.7. The van der Waals surface area contributed by atoms with Crippen molar-refractivity contribution in [3.63, 3.8) is 0 Å². The Labute approximate surface area is 310 Å². The minimum atomic E-state index is -0.272. The van der Waals surface area contributed by atoms with E-state index in [0.29, 0.717) is 12.5 Å². The van der Waals surface area contributed by atoms with Gasteiger partial charge < -0.3 is 14.2 Å². The monoisotopic (exact) mass is 839 g/mol. The van der Waals surface area contributed by atoms with Crippen molar-refractivity contribution < 1.29 is 25.8 Å². The second-order valence-corrected chi connectivity index (χ2v) is 16.4. The van der Waals surface area contributed by atoms with Gasteiger partial charge in [-0.05, 0) is 62.7 Å². The Hall–Kier alpha value is -4.21. The van der Waals surface area contributed by atoms with Gasteiger partial charge in [-0.3, -0.25) is 4.99 Å². The van der Waals surface area contributed by atoms with E-state index in [1.807, 2.05) is 6.20 Å². The van der Waals surface area contributed by atoms with Crippen LogP contribution >= 0.6 is 0 Å². The van der Waals surface area contributed by atoms with Crippen LogP contribution in [0.1, 0.15) is 83.2 Å². The Morgan fingerprint density at radius 1 is 0.840 bits per heavy atom. The molecule has 2 aromatic heterocycles. The van der Waals surface area contributed by atoms with Crippen LogP contribution in [0.25, 0.3) is 27.6 Å². The summed E-state index contributed by atoms with van der Waals surface area (Å²) < 4.78 is 8.50. The molecule has 0 saturated carbocycles. The van der Waals surface area contributed by atoms with Crippen molar-refractivity contribution in [2.45, 2.75) is 79.2 Å². The quantitative estimate of drug-likeness (QED) is 0.167. The molecule has 2 aliphatic rings. The number of pyridine rings is 1. The molecule has 256 valence electrons. The minimum absolute atomic E-state index is 0. The molecule has 0 aliphatic carbocycles. The molecule has 5 nitrogen and oxygen atoms in total. The number of hydrogen-bond acceptors (Lipinski definition) is 4. The average Bonchev–Trinajstić information content (AvgIpc) is 3.68. The number of ether oxygens (including phenoxy) is 1.